The predicted molar refractivity (Wildman–Crippen MR) is 118 cm³/mol. The molecule has 2 N–H and O–H groups in total. The lowest BCUT2D eigenvalue weighted by Crippen LogP contribution is -2.51. The van der Waals surface area contributed by atoms with Crippen LogP contribution < -0.4 is 10.6 Å². The van der Waals surface area contributed by atoms with E-state index in [1.54, 1.807) is 19.2 Å². The molecule has 1 heterocycles. The molecule has 1 aromatic rings. The fraction of sp³-hybridized carbons (Fsp3) is 0.682. The molecule has 1 aliphatic heterocycles. The number of likely N-dealkylation sites (N-methyl/N-ethyl adjacent to an activating group) is 1. The Bertz CT molecular complexity index is 631. The molecule has 0 spiro atoms. The van der Waals surface area contributed by atoms with Crippen LogP contribution in [-0.4, -0.2) is 82.3 Å². The molecule has 2 atom stereocenters. The summed E-state index contributed by atoms with van der Waals surface area (Å²) in [5.41, 5.74) is 0.948. The third-order valence-electron chi connectivity index (χ3n) is 5.35. The molecule has 1 aliphatic rings. The van der Waals surface area contributed by atoms with Crippen LogP contribution in [0.25, 0.3) is 0 Å². The van der Waals surface area contributed by atoms with E-state index >= 15 is 0 Å². The number of morpholine rings is 1. The average molecular weight is 408 g/mol. The lowest BCUT2D eigenvalue weighted by Gasteiger charge is -2.36. The molecular formula is C22H38FN5O. The minimum atomic E-state index is -0.209. The van der Waals surface area contributed by atoms with Gasteiger partial charge in [0.05, 0.1) is 19.3 Å². The molecule has 0 saturated carbocycles. The SMILES string of the molecule is CN=C(NCC(c1cccc(F)c1)N(C)C)NCC(CC(C)C)N1CCOCC1. The van der Waals surface area contributed by atoms with Gasteiger partial charge in [-0.2, -0.15) is 0 Å². The topological polar surface area (TPSA) is 52.1 Å². The molecule has 1 fully saturated rings. The Kier molecular flexibility index (Phi) is 9.84. The molecular weight excluding hydrogens is 369 g/mol. The number of rotatable bonds is 9. The van der Waals surface area contributed by atoms with Gasteiger partial charge in [0.15, 0.2) is 5.96 Å². The van der Waals surface area contributed by atoms with E-state index in [1.807, 2.05) is 20.2 Å². The van der Waals surface area contributed by atoms with Crippen molar-refractivity contribution in [1.29, 1.82) is 0 Å². The Hall–Kier alpha value is -1.70. The molecule has 1 aromatic carbocycles. The summed E-state index contributed by atoms with van der Waals surface area (Å²) in [5.74, 6) is 1.19. The Balaban J connectivity index is 1.93. The molecule has 6 nitrogen and oxygen atoms in total. The Labute approximate surface area is 175 Å². The third kappa shape index (κ3) is 7.91. The van der Waals surface area contributed by atoms with Gasteiger partial charge in [0.2, 0.25) is 0 Å². The molecule has 7 heteroatoms. The first-order valence-electron chi connectivity index (χ1n) is 10.6. The Morgan fingerprint density at radius 1 is 1.21 bits per heavy atom. The van der Waals surface area contributed by atoms with Gasteiger partial charge < -0.3 is 20.3 Å². The molecule has 1 saturated heterocycles. The van der Waals surface area contributed by atoms with Crippen LogP contribution in [0.3, 0.4) is 0 Å². The van der Waals surface area contributed by atoms with E-state index in [4.69, 9.17) is 4.74 Å². The van der Waals surface area contributed by atoms with Crippen molar-refractivity contribution in [3.05, 3.63) is 35.6 Å². The van der Waals surface area contributed by atoms with E-state index < -0.39 is 0 Å². The van der Waals surface area contributed by atoms with E-state index in [0.717, 1.165) is 50.8 Å². The van der Waals surface area contributed by atoms with Crippen molar-refractivity contribution in [2.45, 2.75) is 32.4 Å². The highest BCUT2D eigenvalue weighted by Crippen LogP contribution is 2.18. The molecule has 0 bridgehead atoms. The third-order valence-corrected chi connectivity index (χ3v) is 5.35. The van der Waals surface area contributed by atoms with Gasteiger partial charge in [-0.15, -0.1) is 0 Å². The summed E-state index contributed by atoms with van der Waals surface area (Å²) in [6.07, 6.45) is 1.13. The van der Waals surface area contributed by atoms with Gasteiger partial charge in [-0.1, -0.05) is 26.0 Å². The summed E-state index contributed by atoms with van der Waals surface area (Å²) in [6, 6.07) is 7.29. The average Bonchev–Trinajstić information content (AvgIpc) is 2.69. The van der Waals surface area contributed by atoms with Crippen molar-refractivity contribution < 1.29 is 9.13 Å². The second-order valence-corrected chi connectivity index (χ2v) is 8.30. The fourth-order valence-electron chi connectivity index (χ4n) is 3.79. The lowest BCUT2D eigenvalue weighted by molar-refractivity contribution is 0.0132. The summed E-state index contributed by atoms with van der Waals surface area (Å²) in [7, 11) is 5.80. The number of halogens is 1. The first-order valence-corrected chi connectivity index (χ1v) is 10.6. The van der Waals surface area contributed by atoms with Crippen LogP contribution >= 0.6 is 0 Å². The van der Waals surface area contributed by atoms with Crippen molar-refractivity contribution in [2.75, 3.05) is 60.5 Å². The van der Waals surface area contributed by atoms with Crippen molar-refractivity contribution >= 4 is 5.96 Å². The zero-order valence-electron chi connectivity index (χ0n) is 18.6. The monoisotopic (exact) mass is 407 g/mol. The molecule has 0 aliphatic carbocycles. The lowest BCUT2D eigenvalue weighted by atomic mass is 10.0. The highest BCUT2D eigenvalue weighted by Gasteiger charge is 2.22. The summed E-state index contributed by atoms with van der Waals surface area (Å²) in [4.78, 5) is 8.99. The Morgan fingerprint density at radius 2 is 1.90 bits per heavy atom. The zero-order chi connectivity index (χ0) is 21.2. The fourth-order valence-corrected chi connectivity index (χ4v) is 3.79. The molecule has 164 valence electrons. The molecule has 0 amide bonds. The molecule has 0 radical (unpaired) electrons. The minimum Gasteiger partial charge on any atom is -0.379 e. The van der Waals surface area contributed by atoms with Gasteiger partial charge in [0.25, 0.3) is 0 Å². The van der Waals surface area contributed by atoms with Crippen LogP contribution in [0.5, 0.6) is 0 Å². The quantitative estimate of drug-likeness (QED) is 0.486. The van der Waals surface area contributed by atoms with Crippen LogP contribution in [0.4, 0.5) is 4.39 Å². The molecule has 29 heavy (non-hydrogen) atoms. The van der Waals surface area contributed by atoms with E-state index in [0.29, 0.717) is 18.5 Å². The van der Waals surface area contributed by atoms with Crippen molar-refractivity contribution in [2.24, 2.45) is 10.9 Å². The van der Waals surface area contributed by atoms with Gasteiger partial charge in [-0.25, -0.2) is 4.39 Å². The van der Waals surface area contributed by atoms with Crippen LogP contribution in [0, 0.1) is 11.7 Å². The summed E-state index contributed by atoms with van der Waals surface area (Å²) < 4.78 is 19.2. The molecule has 2 unspecified atom stereocenters. The maximum absolute atomic E-state index is 13.7. The molecule has 0 aromatic heterocycles. The zero-order valence-corrected chi connectivity index (χ0v) is 18.6. The largest absolute Gasteiger partial charge is 0.379 e. The summed E-state index contributed by atoms with van der Waals surface area (Å²) in [6.45, 7) is 9.58. The van der Waals surface area contributed by atoms with E-state index in [2.05, 4.69) is 39.3 Å². The number of hydrogen-bond donors (Lipinski definition) is 2. The number of nitrogens with one attached hydrogen (secondary N) is 2. The van der Waals surface area contributed by atoms with Gasteiger partial charge in [-0.3, -0.25) is 9.89 Å². The first kappa shape index (κ1) is 23.6. The maximum Gasteiger partial charge on any atom is 0.191 e. The summed E-state index contributed by atoms with van der Waals surface area (Å²) in [5, 5.41) is 6.91. The van der Waals surface area contributed by atoms with Crippen LogP contribution in [0.1, 0.15) is 31.9 Å². The van der Waals surface area contributed by atoms with Crippen LogP contribution in [-0.2, 0) is 4.74 Å². The Morgan fingerprint density at radius 3 is 2.48 bits per heavy atom. The smallest absolute Gasteiger partial charge is 0.191 e. The van der Waals surface area contributed by atoms with Gasteiger partial charge in [-0.05, 0) is 44.1 Å². The van der Waals surface area contributed by atoms with Crippen molar-refractivity contribution in [3.8, 4) is 0 Å². The van der Waals surface area contributed by atoms with E-state index in [1.165, 1.54) is 6.07 Å². The van der Waals surface area contributed by atoms with Crippen molar-refractivity contribution in [1.82, 2.24) is 20.4 Å². The van der Waals surface area contributed by atoms with Crippen LogP contribution in [0.2, 0.25) is 0 Å². The maximum atomic E-state index is 13.7. The van der Waals surface area contributed by atoms with E-state index in [-0.39, 0.29) is 11.9 Å². The number of nitrogens with zero attached hydrogens (tertiary/aromatic N) is 3. The van der Waals surface area contributed by atoms with Crippen LogP contribution in [0.15, 0.2) is 29.3 Å². The molecule has 2 rings (SSSR count). The van der Waals surface area contributed by atoms with Gasteiger partial charge in [0, 0.05) is 39.3 Å². The highest BCUT2D eigenvalue weighted by atomic mass is 19.1. The summed E-state index contributed by atoms with van der Waals surface area (Å²) >= 11 is 0. The highest BCUT2D eigenvalue weighted by molar-refractivity contribution is 5.79. The number of guanidine groups is 1. The second-order valence-electron chi connectivity index (χ2n) is 8.30. The number of ether oxygens (including phenoxy) is 1. The van der Waals surface area contributed by atoms with Gasteiger partial charge in [0.1, 0.15) is 5.82 Å². The first-order chi connectivity index (χ1) is 13.9. The second kappa shape index (κ2) is 12.1. The minimum absolute atomic E-state index is 0.0509. The standard InChI is InChI=1S/C22H38FN5O/c1-17(2)13-20(28-9-11-29-12-10-28)15-25-22(24-3)26-16-21(27(4)5)18-7-6-8-19(23)14-18/h6-8,14,17,20-21H,9-13,15-16H2,1-5H3,(H2,24,25,26). The number of hydrogen-bond acceptors (Lipinski definition) is 4. The number of aliphatic imine (C=N–C) groups is 1. The normalized spacial score (nSPS) is 18.1. The van der Waals surface area contributed by atoms with E-state index in [9.17, 15) is 4.39 Å². The number of benzene rings is 1. The van der Waals surface area contributed by atoms with Gasteiger partial charge >= 0.3 is 0 Å². The predicted octanol–water partition coefficient (Wildman–Crippen LogP) is 2.34. The van der Waals surface area contributed by atoms with Crippen molar-refractivity contribution in [3.63, 3.8) is 0 Å².